The van der Waals surface area contributed by atoms with Gasteiger partial charge in [0.2, 0.25) is 11.8 Å². The van der Waals surface area contributed by atoms with Crippen LogP contribution in [0.5, 0.6) is 5.88 Å². The van der Waals surface area contributed by atoms with Crippen molar-refractivity contribution in [2.45, 2.75) is 19.4 Å². The molecule has 2 amide bonds. The SMILES string of the molecule is CCOc1nc(N2CCC(N(C)C(=O)O)C2)ncc1C(=O)Nc1ccc2nn(C)cc2c1. The summed E-state index contributed by atoms with van der Waals surface area (Å²) >= 11 is 0. The van der Waals surface area contributed by atoms with Crippen molar-refractivity contribution in [1.82, 2.24) is 24.6 Å². The first-order valence-corrected chi connectivity index (χ1v) is 10.3. The molecule has 2 N–H and O–H groups in total. The van der Waals surface area contributed by atoms with E-state index in [2.05, 4.69) is 20.4 Å². The van der Waals surface area contributed by atoms with Gasteiger partial charge in [0.25, 0.3) is 5.91 Å². The summed E-state index contributed by atoms with van der Waals surface area (Å²) in [5.41, 5.74) is 1.69. The minimum atomic E-state index is -0.968. The van der Waals surface area contributed by atoms with Gasteiger partial charge in [-0.1, -0.05) is 0 Å². The number of aryl methyl sites for hydroxylation is 1. The average Bonchev–Trinajstić information content (AvgIpc) is 3.39. The fourth-order valence-electron chi connectivity index (χ4n) is 3.73. The fraction of sp³-hybridized carbons (Fsp3) is 0.381. The monoisotopic (exact) mass is 439 g/mol. The van der Waals surface area contributed by atoms with Crippen LogP contribution in [0.4, 0.5) is 16.4 Å². The van der Waals surface area contributed by atoms with Crippen molar-refractivity contribution in [3.8, 4) is 5.88 Å². The first kappa shape index (κ1) is 21.3. The number of fused-ring (bicyclic) bond motifs is 1. The summed E-state index contributed by atoms with van der Waals surface area (Å²) in [6.45, 7) is 3.24. The zero-order valence-corrected chi connectivity index (χ0v) is 18.1. The molecule has 1 atom stereocenters. The lowest BCUT2D eigenvalue weighted by Crippen LogP contribution is -2.38. The molecule has 32 heavy (non-hydrogen) atoms. The summed E-state index contributed by atoms with van der Waals surface area (Å²) in [5, 5.41) is 17.3. The predicted octanol–water partition coefficient (Wildman–Crippen LogP) is 2.20. The van der Waals surface area contributed by atoms with Crippen LogP contribution in [-0.4, -0.2) is 74.5 Å². The molecule has 2 aromatic heterocycles. The number of amides is 2. The fourth-order valence-corrected chi connectivity index (χ4v) is 3.73. The minimum absolute atomic E-state index is 0.142. The van der Waals surface area contributed by atoms with E-state index in [0.717, 1.165) is 10.9 Å². The van der Waals surface area contributed by atoms with Gasteiger partial charge in [0.15, 0.2) is 0 Å². The molecule has 168 valence electrons. The summed E-state index contributed by atoms with van der Waals surface area (Å²) < 4.78 is 7.34. The normalized spacial score (nSPS) is 15.7. The molecule has 1 aliphatic rings. The molecule has 1 aliphatic heterocycles. The van der Waals surface area contributed by atoms with Crippen molar-refractivity contribution < 1.29 is 19.4 Å². The van der Waals surface area contributed by atoms with Crippen LogP contribution in [0, 0.1) is 0 Å². The lowest BCUT2D eigenvalue weighted by Gasteiger charge is -2.22. The number of carboxylic acid groups (broad SMARTS) is 1. The van der Waals surface area contributed by atoms with E-state index in [1.807, 2.05) is 37.2 Å². The largest absolute Gasteiger partial charge is 0.477 e. The van der Waals surface area contributed by atoms with Gasteiger partial charge >= 0.3 is 6.09 Å². The van der Waals surface area contributed by atoms with Gasteiger partial charge in [-0.15, -0.1) is 0 Å². The van der Waals surface area contributed by atoms with E-state index in [0.29, 0.717) is 37.8 Å². The van der Waals surface area contributed by atoms with E-state index >= 15 is 0 Å². The number of anilines is 2. The van der Waals surface area contributed by atoms with Gasteiger partial charge in [0, 0.05) is 50.7 Å². The Hall–Kier alpha value is -3.89. The van der Waals surface area contributed by atoms with Gasteiger partial charge < -0.3 is 25.0 Å². The topological polar surface area (TPSA) is 126 Å². The third kappa shape index (κ3) is 4.27. The number of aromatic nitrogens is 4. The van der Waals surface area contributed by atoms with Crippen LogP contribution in [0.3, 0.4) is 0 Å². The van der Waals surface area contributed by atoms with Crippen molar-refractivity contribution in [1.29, 1.82) is 0 Å². The number of nitrogens with zero attached hydrogens (tertiary/aromatic N) is 6. The van der Waals surface area contributed by atoms with Crippen LogP contribution in [0.1, 0.15) is 23.7 Å². The van der Waals surface area contributed by atoms with Gasteiger partial charge in [-0.2, -0.15) is 10.1 Å². The molecule has 3 heterocycles. The van der Waals surface area contributed by atoms with Crippen molar-refractivity contribution >= 4 is 34.5 Å². The second-order valence-electron chi connectivity index (χ2n) is 7.63. The highest BCUT2D eigenvalue weighted by Gasteiger charge is 2.30. The first-order chi connectivity index (χ1) is 15.4. The van der Waals surface area contributed by atoms with E-state index in [1.165, 1.54) is 11.1 Å². The van der Waals surface area contributed by atoms with Crippen molar-refractivity contribution in [2.75, 3.05) is 37.0 Å². The summed E-state index contributed by atoms with van der Waals surface area (Å²) in [6.07, 6.45) is 3.03. The molecule has 0 saturated carbocycles. The van der Waals surface area contributed by atoms with Crippen LogP contribution < -0.4 is 15.0 Å². The van der Waals surface area contributed by atoms with Crippen LogP contribution in [0.15, 0.2) is 30.6 Å². The minimum Gasteiger partial charge on any atom is -0.477 e. The number of carbonyl (C=O) groups excluding carboxylic acids is 1. The Morgan fingerprint density at radius 1 is 1.38 bits per heavy atom. The van der Waals surface area contributed by atoms with Crippen LogP contribution in [0.25, 0.3) is 10.9 Å². The number of hydrogen-bond acceptors (Lipinski definition) is 7. The van der Waals surface area contributed by atoms with E-state index in [1.54, 1.807) is 17.8 Å². The molecule has 1 unspecified atom stereocenters. The maximum Gasteiger partial charge on any atom is 0.407 e. The molecule has 0 aliphatic carbocycles. The molecule has 1 saturated heterocycles. The maximum atomic E-state index is 12.9. The van der Waals surface area contributed by atoms with E-state index in [9.17, 15) is 14.7 Å². The second-order valence-corrected chi connectivity index (χ2v) is 7.63. The molecule has 1 fully saturated rings. The summed E-state index contributed by atoms with van der Waals surface area (Å²) in [7, 11) is 3.40. The Bertz CT molecular complexity index is 1160. The van der Waals surface area contributed by atoms with E-state index in [4.69, 9.17) is 4.74 Å². The molecule has 11 heteroatoms. The van der Waals surface area contributed by atoms with Gasteiger partial charge in [-0.25, -0.2) is 9.78 Å². The number of nitrogens with one attached hydrogen (secondary N) is 1. The van der Waals surface area contributed by atoms with E-state index < -0.39 is 6.09 Å². The Morgan fingerprint density at radius 2 is 2.19 bits per heavy atom. The third-order valence-corrected chi connectivity index (χ3v) is 5.44. The first-order valence-electron chi connectivity index (χ1n) is 10.3. The predicted molar refractivity (Wildman–Crippen MR) is 118 cm³/mol. The summed E-state index contributed by atoms with van der Waals surface area (Å²) in [5.74, 6) is 0.212. The zero-order valence-electron chi connectivity index (χ0n) is 18.1. The molecular weight excluding hydrogens is 414 g/mol. The number of ether oxygens (including phenoxy) is 1. The average molecular weight is 439 g/mol. The number of benzene rings is 1. The highest BCUT2D eigenvalue weighted by molar-refractivity contribution is 6.06. The molecule has 1 aromatic carbocycles. The lowest BCUT2D eigenvalue weighted by atomic mass is 10.2. The van der Waals surface area contributed by atoms with Crippen molar-refractivity contribution in [2.24, 2.45) is 7.05 Å². The van der Waals surface area contributed by atoms with Crippen LogP contribution in [-0.2, 0) is 7.05 Å². The Labute approximate surface area is 184 Å². The molecule has 4 rings (SSSR count). The zero-order chi connectivity index (χ0) is 22.8. The Kier molecular flexibility index (Phi) is 5.80. The van der Waals surface area contributed by atoms with Crippen LogP contribution >= 0.6 is 0 Å². The smallest absolute Gasteiger partial charge is 0.407 e. The second kappa shape index (κ2) is 8.69. The molecular formula is C21H25N7O4. The third-order valence-electron chi connectivity index (χ3n) is 5.44. The van der Waals surface area contributed by atoms with Gasteiger partial charge in [-0.05, 0) is 31.5 Å². The standard InChI is InChI=1S/C21H25N7O4/c1-4-32-19-16(18(29)23-14-5-6-17-13(9-14)11-26(2)25-17)10-22-20(24-19)28-8-7-15(12-28)27(3)21(30)31/h5-6,9-11,15H,4,7-8,12H2,1-3H3,(H,23,29)(H,30,31). The Balaban J connectivity index is 1.53. The van der Waals surface area contributed by atoms with Gasteiger partial charge in [-0.3, -0.25) is 9.48 Å². The number of carbonyl (C=O) groups is 2. The number of hydrogen-bond donors (Lipinski definition) is 2. The summed E-state index contributed by atoms with van der Waals surface area (Å²) in [6, 6.07) is 5.33. The number of rotatable bonds is 6. The van der Waals surface area contributed by atoms with Gasteiger partial charge in [0.1, 0.15) is 5.56 Å². The van der Waals surface area contributed by atoms with E-state index in [-0.39, 0.29) is 23.4 Å². The lowest BCUT2D eigenvalue weighted by molar-refractivity contribution is 0.102. The number of likely N-dealkylation sites (N-methyl/N-ethyl adjacent to an activating group) is 1. The quantitative estimate of drug-likeness (QED) is 0.599. The van der Waals surface area contributed by atoms with Crippen molar-refractivity contribution in [3.05, 3.63) is 36.2 Å². The maximum absolute atomic E-state index is 12.9. The summed E-state index contributed by atoms with van der Waals surface area (Å²) in [4.78, 5) is 36.1. The highest BCUT2D eigenvalue weighted by Crippen LogP contribution is 2.25. The molecule has 11 nitrogen and oxygen atoms in total. The van der Waals surface area contributed by atoms with Crippen molar-refractivity contribution in [3.63, 3.8) is 0 Å². The van der Waals surface area contributed by atoms with Crippen LogP contribution in [0.2, 0.25) is 0 Å². The molecule has 0 bridgehead atoms. The molecule has 3 aromatic rings. The molecule has 0 radical (unpaired) electrons. The van der Waals surface area contributed by atoms with Gasteiger partial charge in [0.05, 0.1) is 18.2 Å². The highest BCUT2D eigenvalue weighted by atomic mass is 16.5. The molecule has 0 spiro atoms. The Morgan fingerprint density at radius 3 is 2.94 bits per heavy atom.